The van der Waals surface area contributed by atoms with Crippen molar-refractivity contribution < 1.29 is 32.3 Å². The third-order valence-corrected chi connectivity index (χ3v) is 5.11. The number of carbonyl (C=O) groups is 3. The number of nitrogens with zero attached hydrogens (tertiary/aromatic N) is 4. The summed E-state index contributed by atoms with van der Waals surface area (Å²) in [4.78, 5) is 40.6. The van der Waals surface area contributed by atoms with E-state index in [0.29, 0.717) is 17.4 Å². The van der Waals surface area contributed by atoms with E-state index < -0.39 is 46.8 Å². The maximum absolute atomic E-state index is 14.7. The number of rotatable bonds is 3. The Kier molecular flexibility index (Phi) is 4.86. The lowest BCUT2D eigenvalue weighted by Gasteiger charge is -2.42. The molecule has 1 aromatic carbocycles. The average molecular weight is 418 g/mol. The van der Waals surface area contributed by atoms with E-state index in [-0.39, 0.29) is 12.2 Å². The van der Waals surface area contributed by atoms with E-state index in [4.69, 9.17) is 0 Å². The summed E-state index contributed by atoms with van der Waals surface area (Å²) >= 11 is 4.13. The molecule has 1 saturated heterocycles. The largest absolute Gasteiger partial charge is 0.482 e. The molecule has 2 heterocycles. The van der Waals surface area contributed by atoms with Crippen LogP contribution in [-0.4, -0.2) is 60.0 Å². The molecule has 0 bridgehead atoms. The Morgan fingerprint density at radius 2 is 1.68 bits per heavy atom. The zero-order valence-corrected chi connectivity index (χ0v) is 16.0. The van der Waals surface area contributed by atoms with Gasteiger partial charge >= 0.3 is 24.1 Å². The first-order chi connectivity index (χ1) is 13.0. The molecule has 2 aliphatic heterocycles. The number of imide groups is 1. The highest BCUT2D eigenvalue weighted by Gasteiger charge is 2.51. The van der Waals surface area contributed by atoms with E-state index in [1.54, 1.807) is 6.92 Å². The van der Waals surface area contributed by atoms with Gasteiger partial charge in [-0.3, -0.25) is 14.6 Å². The quantitative estimate of drug-likeness (QED) is 0.767. The fraction of sp³-hybridized carbons (Fsp3) is 0.438. The Bertz CT molecular complexity index is 847. The number of hydrogen-bond donors (Lipinski definition) is 1. The zero-order chi connectivity index (χ0) is 21.0. The van der Waals surface area contributed by atoms with Crippen LogP contribution in [0.25, 0.3) is 0 Å². The first-order valence-electron chi connectivity index (χ1n) is 8.25. The van der Waals surface area contributed by atoms with Gasteiger partial charge in [-0.2, -0.15) is 8.78 Å². The number of anilines is 2. The molecule has 0 spiro atoms. The van der Waals surface area contributed by atoms with Crippen LogP contribution >= 0.6 is 12.6 Å². The molecule has 28 heavy (non-hydrogen) atoms. The van der Waals surface area contributed by atoms with Gasteiger partial charge in [-0.25, -0.2) is 18.9 Å². The molecule has 8 nitrogen and oxygen atoms in total. The number of amides is 5. The van der Waals surface area contributed by atoms with Crippen LogP contribution in [0, 0.1) is 5.82 Å². The molecule has 12 heteroatoms. The second-order valence-electron chi connectivity index (χ2n) is 6.32. The number of benzene rings is 1. The lowest BCUT2D eigenvalue weighted by molar-refractivity contribution is -0.192. The number of thiol groups is 1. The van der Waals surface area contributed by atoms with Crippen molar-refractivity contribution >= 4 is 42.0 Å². The molecular formula is C16H17F3N4O4S. The van der Waals surface area contributed by atoms with Gasteiger partial charge in [0.2, 0.25) is 0 Å². The minimum Gasteiger partial charge on any atom is -0.423 e. The van der Waals surface area contributed by atoms with E-state index in [1.165, 1.54) is 14.1 Å². The van der Waals surface area contributed by atoms with Crippen molar-refractivity contribution in [3.05, 3.63) is 17.9 Å². The molecule has 2 aliphatic rings. The monoisotopic (exact) mass is 418 g/mol. The highest BCUT2D eigenvalue weighted by Crippen LogP contribution is 2.43. The van der Waals surface area contributed by atoms with E-state index >= 15 is 0 Å². The Morgan fingerprint density at radius 3 is 2.21 bits per heavy atom. The molecule has 0 aliphatic carbocycles. The summed E-state index contributed by atoms with van der Waals surface area (Å²) in [7, 11) is 2.73. The molecule has 0 radical (unpaired) electrons. The summed E-state index contributed by atoms with van der Waals surface area (Å²) < 4.78 is 46.7. The maximum atomic E-state index is 14.7. The lowest BCUT2D eigenvalue weighted by atomic mass is 10.1. The first-order valence-corrected chi connectivity index (χ1v) is 8.77. The summed E-state index contributed by atoms with van der Waals surface area (Å²) in [5.74, 6) is -3.31. The average Bonchev–Trinajstić information content (AvgIpc) is 2.63. The Morgan fingerprint density at radius 1 is 1.11 bits per heavy atom. The number of urea groups is 2. The number of alkyl halides is 2. The Balaban J connectivity index is 2.14. The number of hydrogen-bond acceptors (Lipinski definition) is 5. The summed E-state index contributed by atoms with van der Waals surface area (Å²) in [6, 6.07) is -0.125. The topological polar surface area (TPSA) is 73.4 Å². The molecule has 1 aromatic rings. The van der Waals surface area contributed by atoms with Gasteiger partial charge in [-0.05, 0) is 12.5 Å². The van der Waals surface area contributed by atoms with Gasteiger partial charge < -0.3 is 9.64 Å². The second-order valence-corrected chi connectivity index (χ2v) is 6.78. The van der Waals surface area contributed by atoms with Crippen LogP contribution in [0.15, 0.2) is 12.1 Å². The van der Waals surface area contributed by atoms with Gasteiger partial charge in [0.05, 0.1) is 11.4 Å². The molecule has 152 valence electrons. The molecule has 0 saturated carbocycles. The van der Waals surface area contributed by atoms with Crippen LogP contribution in [0.5, 0.6) is 5.75 Å². The molecule has 3 rings (SSSR count). The van der Waals surface area contributed by atoms with Crippen molar-refractivity contribution in [3.8, 4) is 5.75 Å². The van der Waals surface area contributed by atoms with Crippen molar-refractivity contribution in [1.82, 2.24) is 9.80 Å². The number of fused-ring (bicyclic) bond motifs is 1. The zero-order valence-electron chi connectivity index (χ0n) is 15.1. The van der Waals surface area contributed by atoms with Gasteiger partial charge in [-0.1, -0.05) is 6.92 Å². The summed E-state index contributed by atoms with van der Waals surface area (Å²) in [6.07, 6.45) is -3.81. The molecule has 0 N–H and O–H groups in total. The molecule has 0 unspecified atom stereocenters. The standard InChI is InChI=1S/C16H17F3N4O4S/c1-4-5-22-10-7-9(8(17)6-11(10)27-16(18,19)12(22)24)23-13(25)20(2)15(28)21(3)14(23)26/h6-7,15,28H,4-5H2,1-3H3. The fourth-order valence-electron chi connectivity index (χ4n) is 2.95. The number of ether oxygens (including phenoxy) is 1. The Labute approximate surface area is 163 Å². The van der Waals surface area contributed by atoms with Gasteiger partial charge in [-0.15, -0.1) is 12.6 Å². The predicted octanol–water partition coefficient (Wildman–Crippen LogP) is 2.69. The second kappa shape index (κ2) is 6.76. The summed E-state index contributed by atoms with van der Waals surface area (Å²) in [5.41, 5.74) is -1.51. The number of carbonyl (C=O) groups excluding carboxylic acids is 3. The van der Waals surface area contributed by atoms with Gasteiger partial charge in [0.1, 0.15) is 0 Å². The van der Waals surface area contributed by atoms with Crippen LogP contribution in [0.3, 0.4) is 0 Å². The predicted molar refractivity (Wildman–Crippen MR) is 96.2 cm³/mol. The van der Waals surface area contributed by atoms with Crippen LogP contribution < -0.4 is 14.5 Å². The highest BCUT2D eigenvalue weighted by molar-refractivity contribution is 7.80. The lowest BCUT2D eigenvalue weighted by Crippen LogP contribution is -2.62. The van der Waals surface area contributed by atoms with Crippen LogP contribution in [0.4, 0.5) is 34.1 Å². The molecule has 1 fully saturated rings. The normalized spacial score (nSPS) is 19.9. The summed E-state index contributed by atoms with van der Waals surface area (Å²) in [6.45, 7) is 1.58. The fourth-order valence-corrected chi connectivity index (χ4v) is 3.15. The van der Waals surface area contributed by atoms with Gasteiger partial charge in [0.25, 0.3) is 0 Å². The molecular weight excluding hydrogens is 401 g/mol. The van der Waals surface area contributed by atoms with Crippen molar-refractivity contribution in [1.29, 1.82) is 0 Å². The third kappa shape index (κ3) is 2.91. The first kappa shape index (κ1) is 20.1. The maximum Gasteiger partial charge on any atom is 0.482 e. The van der Waals surface area contributed by atoms with Gasteiger partial charge in [0.15, 0.2) is 17.1 Å². The van der Waals surface area contributed by atoms with Gasteiger partial charge in [0, 0.05) is 26.7 Å². The van der Waals surface area contributed by atoms with Crippen LogP contribution in [-0.2, 0) is 4.79 Å². The Hall–Kier alpha value is -2.63. The highest BCUT2D eigenvalue weighted by atomic mass is 32.1. The molecule has 0 atom stereocenters. The SMILES string of the molecule is CCCN1C(=O)C(F)(F)Oc2cc(F)c(N3C(=O)N(C)C(S)N(C)C3=O)cc21. The number of halogens is 3. The smallest absolute Gasteiger partial charge is 0.423 e. The van der Waals surface area contributed by atoms with Crippen molar-refractivity contribution in [3.63, 3.8) is 0 Å². The van der Waals surface area contributed by atoms with Crippen LogP contribution in [0.2, 0.25) is 0 Å². The van der Waals surface area contributed by atoms with E-state index in [2.05, 4.69) is 17.4 Å². The van der Waals surface area contributed by atoms with Crippen molar-refractivity contribution in [2.24, 2.45) is 0 Å². The molecule has 5 amide bonds. The van der Waals surface area contributed by atoms with E-state index in [1.807, 2.05) is 0 Å². The minimum atomic E-state index is -4.15. The minimum absolute atomic E-state index is 0.0870. The van der Waals surface area contributed by atoms with E-state index in [0.717, 1.165) is 20.8 Å². The van der Waals surface area contributed by atoms with Crippen molar-refractivity contribution in [2.45, 2.75) is 25.0 Å². The van der Waals surface area contributed by atoms with E-state index in [9.17, 15) is 27.6 Å². The van der Waals surface area contributed by atoms with Crippen molar-refractivity contribution in [2.75, 3.05) is 30.4 Å². The van der Waals surface area contributed by atoms with Crippen LogP contribution in [0.1, 0.15) is 13.3 Å². The third-order valence-electron chi connectivity index (χ3n) is 4.42. The molecule has 0 aromatic heterocycles. The summed E-state index contributed by atoms with van der Waals surface area (Å²) in [5, 5.41) is 0.